The predicted octanol–water partition coefficient (Wildman–Crippen LogP) is 3.87. The summed E-state index contributed by atoms with van der Waals surface area (Å²) in [6, 6.07) is 17.0. The fourth-order valence-electron chi connectivity index (χ4n) is 3.76. The van der Waals surface area contributed by atoms with Crippen molar-refractivity contribution < 1.29 is 9.72 Å². The predicted molar refractivity (Wildman–Crippen MR) is 109 cm³/mol. The summed E-state index contributed by atoms with van der Waals surface area (Å²) in [5, 5.41) is 14.2. The van der Waals surface area contributed by atoms with E-state index in [-0.39, 0.29) is 22.4 Å². The first kappa shape index (κ1) is 20.0. The number of non-ortho nitro benzene ring substituents is 1. The number of piperidine rings is 1. The van der Waals surface area contributed by atoms with Gasteiger partial charge in [-0.05, 0) is 30.4 Å². The Kier molecular flexibility index (Phi) is 6.76. The van der Waals surface area contributed by atoms with Crippen molar-refractivity contribution in [3.63, 3.8) is 0 Å². The summed E-state index contributed by atoms with van der Waals surface area (Å²) in [7, 11) is 0. The summed E-state index contributed by atoms with van der Waals surface area (Å²) < 4.78 is 0. The molecule has 6 heteroatoms. The second-order valence-electron chi connectivity index (χ2n) is 7.28. The van der Waals surface area contributed by atoms with Crippen LogP contribution < -0.4 is 5.32 Å². The number of likely N-dealkylation sites (tertiary alicyclic amines) is 1. The van der Waals surface area contributed by atoms with Crippen LogP contribution in [0.4, 0.5) is 5.69 Å². The van der Waals surface area contributed by atoms with Crippen LogP contribution in [0, 0.1) is 10.1 Å². The third-order valence-electron chi connectivity index (χ3n) is 5.46. The van der Waals surface area contributed by atoms with Crippen LogP contribution >= 0.6 is 0 Å². The first-order chi connectivity index (χ1) is 13.6. The van der Waals surface area contributed by atoms with Crippen LogP contribution in [0.15, 0.2) is 54.6 Å². The molecular formula is C22H27N3O3. The van der Waals surface area contributed by atoms with Crippen LogP contribution in [0.25, 0.3) is 0 Å². The van der Waals surface area contributed by atoms with Gasteiger partial charge < -0.3 is 10.2 Å². The standard InChI is InChI=1S/C22H27N3O3/c1-2-21(18-6-4-3-5-7-18)22(26)24-14-12-19(13-15-24)23-16-17-8-10-20(11-9-17)25(27)28/h3-11,19,21,23H,2,12-16H2,1H3. The van der Waals surface area contributed by atoms with Crippen molar-refractivity contribution in [3.8, 4) is 0 Å². The summed E-state index contributed by atoms with van der Waals surface area (Å²) >= 11 is 0. The Morgan fingerprint density at radius 1 is 1.14 bits per heavy atom. The molecular weight excluding hydrogens is 354 g/mol. The molecule has 1 heterocycles. The zero-order chi connectivity index (χ0) is 19.9. The van der Waals surface area contributed by atoms with Gasteiger partial charge in [0.15, 0.2) is 0 Å². The minimum Gasteiger partial charge on any atom is -0.342 e. The molecule has 28 heavy (non-hydrogen) atoms. The number of amides is 1. The Balaban J connectivity index is 1.48. The van der Waals surface area contributed by atoms with E-state index >= 15 is 0 Å². The summed E-state index contributed by atoms with van der Waals surface area (Å²) in [5.41, 5.74) is 2.23. The van der Waals surface area contributed by atoms with E-state index in [1.54, 1.807) is 12.1 Å². The molecule has 148 valence electrons. The highest BCUT2D eigenvalue weighted by atomic mass is 16.6. The minimum atomic E-state index is -0.386. The second-order valence-corrected chi connectivity index (χ2v) is 7.28. The lowest BCUT2D eigenvalue weighted by Gasteiger charge is -2.34. The van der Waals surface area contributed by atoms with Gasteiger partial charge in [0, 0.05) is 37.8 Å². The number of nitrogens with one attached hydrogen (secondary N) is 1. The van der Waals surface area contributed by atoms with Crippen molar-refractivity contribution in [2.45, 2.75) is 44.7 Å². The SMILES string of the molecule is CCC(C(=O)N1CCC(NCc2ccc([N+](=O)[O-])cc2)CC1)c1ccccc1. The van der Waals surface area contributed by atoms with Gasteiger partial charge in [-0.1, -0.05) is 49.4 Å². The van der Waals surface area contributed by atoms with Crippen LogP contribution in [-0.4, -0.2) is 34.9 Å². The highest BCUT2D eigenvalue weighted by Crippen LogP contribution is 2.24. The first-order valence-corrected chi connectivity index (χ1v) is 9.89. The van der Waals surface area contributed by atoms with E-state index in [1.165, 1.54) is 12.1 Å². The minimum absolute atomic E-state index is 0.0641. The second kappa shape index (κ2) is 9.46. The van der Waals surface area contributed by atoms with E-state index in [1.807, 2.05) is 35.2 Å². The Hall–Kier alpha value is -2.73. The summed E-state index contributed by atoms with van der Waals surface area (Å²) in [6.45, 7) is 4.27. The Labute approximate surface area is 165 Å². The number of hydrogen-bond donors (Lipinski definition) is 1. The Morgan fingerprint density at radius 2 is 1.79 bits per heavy atom. The normalized spacial score (nSPS) is 16.0. The summed E-state index contributed by atoms with van der Waals surface area (Å²) in [6.07, 6.45) is 2.65. The molecule has 2 aromatic rings. The lowest BCUT2D eigenvalue weighted by molar-refractivity contribution is -0.384. The van der Waals surface area contributed by atoms with Gasteiger partial charge in [-0.2, -0.15) is 0 Å². The van der Waals surface area contributed by atoms with Crippen molar-refractivity contribution in [1.29, 1.82) is 0 Å². The number of rotatable bonds is 7. The number of nitro benzene ring substituents is 1. The quantitative estimate of drug-likeness (QED) is 0.583. The molecule has 0 radical (unpaired) electrons. The Morgan fingerprint density at radius 3 is 2.36 bits per heavy atom. The largest absolute Gasteiger partial charge is 0.342 e. The number of carbonyl (C=O) groups excluding carboxylic acids is 1. The van der Waals surface area contributed by atoms with Crippen molar-refractivity contribution >= 4 is 11.6 Å². The molecule has 1 aliphatic heterocycles. The average molecular weight is 381 g/mol. The lowest BCUT2D eigenvalue weighted by atomic mass is 9.93. The van der Waals surface area contributed by atoms with E-state index < -0.39 is 0 Å². The van der Waals surface area contributed by atoms with Gasteiger partial charge in [-0.3, -0.25) is 14.9 Å². The maximum absolute atomic E-state index is 13.0. The van der Waals surface area contributed by atoms with Gasteiger partial charge >= 0.3 is 0 Å². The van der Waals surface area contributed by atoms with Gasteiger partial charge in [0.25, 0.3) is 5.69 Å². The number of carbonyl (C=O) groups is 1. The van der Waals surface area contributed by atoms with Crippen molar-refractivity contribution in [2.24, 2.45) is 0 Å². The third kappa shape index (κ3) is 4.95. The number of hydrogen-bond acceptors (Lipinski definition) is 4. The fraction of sp³-hybridized carbons (Fsp3) is 0.409. The molecule has 1 fully saturated rings. The first-order valence-electron chi connectivity index (χ1n) is 9.89. The Bertz CT molecular complexity index is 784. The lowest BCUT2D eigenvalue weighted by Crippen LogP contribution is -2.46. The molecule has 2 aromatic carbocycles. The topological polar surface area (TPSA) is 75.5 Å². The van der Waals surface area contributed by atoms with Crippen LogP contribution in [0.1, 0.15) is 43.2 Å². The molecule has 1 atom stereocenters. The zero-order valence-electron chi connectivity index (χ0n) is 16.2. The van der Waals surface area contributed by atoms with Crippen LogP contribution in [-0.2, 0) is 11.3 Å². The molecule has 0 aliphatic carbocycles. The maximum Gasteiger partial charge on any atom is 0.269 e. The molecule has 0 spiro atoms. The van der Waals surface area contributed by atoms with Crippen molar-refractivity contribution in [1.82, 2.24) is 10.2 Å². The number of benzene rings is 2. The zero-order valence-corrected chi connectivity index (χ0v) is 16.2. The van der Waals surface area contributed by atoms with Crippen LogP contribution in [0.5, 0.6) is 0 Å². The van der Waals surface area contributed by atoms with Crippen molar-refractivity contribution in [2.75, 3.05) is 13.1 Å². The van der Waals surface area contributed by atoms with Crippen LogP contribution in [0.2, 0.25) is 0 Å². The van der Waals surface area contributed by atoms with Gasteiger partial charge in [0.2, 0.25) is 5.91 Å². The summed E-state index contributed by atoms with van der Waals surface area (Å²) in [4.78, 5) is 25.3. The average Bonchev–Trinajstić information content (AvgIpc) is 2.74. The molecule has 6 nitrogen and oxygen atoms in total. The highest BCUT2D eigenvalue weighted by molar-refractivity contribution is 5.83. The smallest absolute Gasteiger partial charge is 0.269 e. The van der Waals surface area contributed by atoms with E-state index in [4.69, 9.17) is 0 Å². The summed E-state index contributed by atoms with van der Waals surface area (Å²) in [5.74, 6) is 0.160. The molecule has 1 aliphatic rings. The number of nitro groups is 1. The van der Waals surface area contributed by atoms with E-state index in [0.717, 1.165) is 43.5 Å². The highest BCUT2D eigenvalue weighted by Gasteiger charge is 2.28. The third-order valence-corrected chi connectivity index (χ3v) is 5.46. The molecule has 3 rings (SSSR count). The fourth-order valence-corrected chi connectivity index (χ4v) is 3.76. The molecule has 0 bridgehead atoms. The van der Waals surface area contributed by atoms with Gasteiger partial charge in [0.1, 0.15) is 0 Å². The molecule has 0 saturated carbocycles. The monoisotopic (exact) mass is 381 g/mol. The molecule has 1 unspecified atom stereocenters. The maximum atomic E-state index is 13.0. The molecule has 1 N–H and O–H groups in total. The number of nitrogens with zero attached hydrogens (tertiary/aromatic N) is 2. The molecule has 0 aromatic heterocycles. The van der Waals surface area contributed by atoms with E-state index in [0.29, 0.717) is 12.6 Å². The molecule has 1 saturated heterocycles. The van der Waals surface area contributed by atoms with Crippen LogP contribution in [0.3, 0.4) is 0 Å². The van der Waals surface area contributed by atoms with Gasteiger partial charge in [0.05, 0.1) is 10.8 Å². The van der Waals surface area contributed by atoms with Gasteiger partial charge in [-0.25, -0.2) is 0 Å². The van der Waals surface area contributed by atoms with Crippen molar-refractivity contribution in [3.05, 3.63) is 75.8 Å². The van der Waals surface area contributed by atoms with E-state index in [9.17, 15) is 14.9 Å². The van der Waals surface area contributed by atoms with E-state index in [2.05, 4.69) is 12.2 Å². The molecule has 1 amide bonds. The van der Waals surface area contributed by atoms with Gasteiger partial charge in [-0.15, -0.1) is 0 Å².